The average molecular weight is 307 g/mol. The highest BCUT2D eigenvalue weighted by Gasteiger charge is 2.14. The summed E-state index contributed by atoms with van der Waals surface area (Å²) in [7, 11) is -3.45. The Morgan fingerprint density at radius 1 is 1.50 bits per heavy atom. The molecule has 0 bridgehead atoms. The SMILES string of the molecule is CCC(N)CNS(=O)(=O)c1cccc(Br)c1. The van der Waals surface area contributed by atoms with E-state index in [1.807, 2.05) is 6.92 Å². The summed E-state index contributed by atoms with van der Waals surface area (Å²) in [5.41, 5.74) is 5.65. The summed E-state index contributed by atoms with van der Waals surface area (Å²) in [5, 5.41) is 0. The third-order valence-corrected chi connectivity index (χ3v) is 4.08. The van der Waals surface area contributed by atoms with Crippen molar-refractivity contribution < 1.29 is 8.42 Å². The minimum Gasteiger partial charge on any atom is -0.327 e. The Labute approximate surface area is 104 Å². The second-order valence-electron chi connectivity index (χ2n) is 3.48. The largest absolute Gasteiger partial charge is 0.327 e. The molecule has 90 valence electrons. The van der Waals surface area contributed by atoms with Crippen LogP contribution >= 0.6 is 15.9 Å². The Kier molecular flexibility index (Phi) is 4.91. The van der Waals surface area contributed by atoms with Gasteiger partial charge in [0.15, 0.2) is 0 Å². The van der Waals surface area contributed by atoms with Crippen LogP contribution in [0.2, 0.25) is 0 Å². The molecular weight excluding hydrogens is 292 g/mol. The molecule has 16 heavy (non-hydrogen) atoms. The molecule has 0 amide bonds. The van der Waals surface area contributed by atoms with Gasteiger partial charge < -0.3 is 5.73 Å². The second-order valence-corrected chi connectivity index (χ2v) is 6.16. The highest BCUT2D eigenvalue weighted by molar-refractivity contribution is 9.10. The van der Waals surface area contributed by atoms with Crippen LogP contribution < -0.4 is 10.5 Å². The van der Waals surface area contributed by atoms with Crippen LogP contribution in [0.25, 0.3) is 0 Å². The van der Waals surface area contributed by atoms with Gasteiger partial charge in [0, 0.05) is 17.1 Å². The van der Waals surface area contributed by atoms with Crippen molar-refractivity contribution in [2.45, 2.75) is 24.3 Å². The molecule has 0 aromatic heterocycles. The monoisotopic (exact) mass is 306 g/mol. The van der Waals surface area contributed by atoms with Gasteiger partial charge in [0.2, 0.25) is 10.0 Å². The average Bonchev–Trinajstić information content (AvgIpc) is 2.26. The lowest BCUT2D eigenvalue weighted by Gasteiger charge is -2.11. The lowest BCUT2D eigenvalue weighted by atomic mass is 10.2. The fourth-order valence-electron chi connectivity index (χ4n) is 1.08. The Bertz CT molecular complexity index is 448. The highest BCUT2D eigenvalue weighted by Crippen LogP contribution is 2.15. The molecule has 0 spiro atoms. The van der Waals surface area contributed by atoms with Crippen molar-refractivity contribution in [1.29, 1.82) is 0 Å². The van der Waals surface area contributed by atoms with Crippen LogP contribution in [0.1, 0.15) is 13.3 Å². The number of sulfonamides is 1. The maximum atomic E-state index is 11.8. The number of nitrogens with one attached hydrogen (secondary N) is 1. The van der Waals surface area contributed by atoms with Crippen LogP contribution in [0.3, 0.4) is 0 Å². The third kappa shape index (κ3) is 3.86. The van der Waals surface area contributed by atoms with Crippen molar-refractivity contribution >= 4 is 26.0 Å². The van der Waals surface area contributed by atoms with E-state index in [0.29, 0.717) is 0 Å². The van der Waals surface area contributed by atoms with Crippen LogP contribution in [0, 0.1) is 0 Å². The lowest BCUT2D eigenvalue weighted by molar-refractivity contribution is 0.564. The zero-order valence-corrected chi connectivity index (χ0v) is 11.4. The van der Waals surface area contributed by atoms with Gasteiger partial charge in [-0.15, -0.1) is 0 Å². The summed E-state index contributed by atoms with van der Waals surface area (Å²) in [5.74, 6) is 0. The first-order chi connectivity index (χ1) is 7.45. The normalized spacial score (nSPS) is 13.7. The minimum absolute atomic E-state index is 0.151. The lowest BCUT2D eigenvalue weighted by Crippen LogP contribution is -2.36. The van der Waals surface area contributed by atoms with Crippen LogP contribution in [0.4, 0.5) is 0 Å². The first-order valence-electron chi connectivity index (χ1n) is 4.96. The first kappa shape index (κ1) is 13.6. The fourth-order valence-corrected chi connectivity index (χ4v) is 2.77. The van der Waals surface area contributed by atoms with Crippen molar-refractivity contribution in [3.8, 4) is 0 Å². The smallest absolute Gasteiger partial charge is 0.240 e. The van der Waals surface area contributed by atoms with Crippen LogP contribution in [-0.2, 0) is 10.0 Å². The molecule has 0 saturated heterocycles. The second kappa shape index (κ2) is 5.77. The number of rotatable bonds is 5. The highest BCUT2D eigenvalue weighted by atomic mass is 79.9. The molecule has 0 aliphatic rings. The molecule has 0 radical (unpaired) electrons. The van der Waals surface area contributed by atoms with Gasteiger partial charge in [0.25, 0.3) is 0 Å². The Balaban J connectivity index is 2.78. The van der Waals surface area contributed by atoms with Gasteiger partial charge >= 0.3 is 0 Å². The fraction of sp³-hybridized carbons (Fsp3) is 0.400. The van der Waals surface area contributed by atoms with Gasteiger partial charge in [0.1, 0.15) is 0 Å². The molecule has 0 fully saturated rings. The molecule has 1 rings (SSSR count). The predicted molar refractivity (Wildman–Crippen MR) is 67.6 cm³/mol. The summed E-state index contributed by atoms with van der Waals surface area (Å²) < 4.78 is 26.8. The van der Waals surface area contributed by atoms with Gasteiger partial charge in [-0.25, -0.2) is 13.1 Å². The van der Waals surface area contributed by atoms with E-state index in [0.717, 1.165) is 10.9 Å². The molecule has 0 saturated carbocycles. The van der Waals surface area contributed by atoms with E-state index in [2.05, 4.69) is 20.7 Å². The van der Waals surface area contributed by atoms with E-state index in [1.165, 1.54) is 0 Å². The van der Waals surface area contributed by atoms with E-state index in [4.69, 9.17) is 5.73 Å². The maximum absolute atomic E-state index is 11.8. The van der Waals surface area contributed by atoms with E-state index in [1.54, 1.807) is 24.3 Å². The Hall–Kier alpha value is -0.430. The number of nitrogens with two attached hydrogens (primary N) is 1. The predicted octanol–water partition coefficient (Wildman–Crippen LogP) is 1.46. The molecule has 1 aromatic rings. The zero-order valence-electron chi connectivity index (χ0n) is 8.98. The number of hydrogen-bond acceptors (Lipinski definition) is 3. The van der Waals surface area contributed by atoms with Gasteiger partial charge in [-0.2, -0.15) is 0 Å². The van der Waals surface area contributed by atoms with Crippen molar-refractivity contribution in [2.75, 3.05) is 6.54 Å². The molecule has 0 aliphatic heterocycles. The zero-order chi connectivity index (χ0) is 12.2. The van der Waals surface area contributed by atoms with E-state index >= 15 is 0 Å². The number of hydrogen-bond donors (Lipinski definition) is 2. The van der Waals surface area contributed by atoms with Crippen LogP contribution in [-0.4, -0.2) is 21.0 Å². The summed E-state index contributed by atoms with van der Waals surface area (Å²) in [6, 6.07) is 6.40. The molecule has 3 N–H and O–H groups in total. The van der Waals surface area contributed by atoms with E-state index in [-0.39, 0.29) is 17.5 Å². The van der Waals surface area contributed by atoms with Gasteiger partial charge in [-0.05, 0) is 24.6 Å². The molecule has 6 heteroatoms. The molecule has 0 aliphatic carbocycles. The van der Waals surface area contributed by atoms with Crippen molar-refractivity contribution in [3.05, 3.63) is 28.7 Å². The van der Waals surface area contributed by atoms with E-state index in [9.17, 15) is 8.42 Å². The molecule has 1 atom stereocenters. The molecular formula is C10H15BrN2O2S. The summed E-state index contributed by atoms with van der Waals surface area (Å²) in [4.78, 5) is 0.241. The molecule has 1 unspecified atom stereocenters. The minimum atomic E-state index is -3.45. The third-order valence-electron chi connectivity index (χ3n) is 2.17. The Morgan fingerprint density at radius 2 is 2.19 bits per heavy atom. The maximum Gasteiger partial charge on any atom is 0.240 e. The molecule has 1 aromatic carbocycles. The standard InChI is InChI=1S/C10H15BrN2O2S/c1-2-9(12)7-13-16(14,15)10-5-3-4-8(11)6-10/h3-6,9,13H,2,7,12H2,1H3. The van der Waals surface area contributed by atoms with Crippen molar-refractivity contribution in [2.24, 2.45) is 5.73 Å². The van der Waals surface area contributed by atoms with E-state index < -0.39 is 10.0 Å². The number of halogens is 1. The van der Waals surface area contributed by atoms with Gasteiger partial charge in [-0.1, -0.05) is 28.9 Å². The van der Waals surface area contributed by atoms with Crippen LogP contribution in [0.5, 0.6) is 0 Å². The van der Waals surface area contributed by atoms with Crippen LogP contribution in [0.15, 0.2) is 33.6 Å². The van der Waals surface area contributed by atoms with Crippen molar-refractivity contribution in [1.82, 2.24) is 4.72 Å². The summed E-state index contributed by atoms with van der Waals surface area (Å²) >= 11 is 3.23. The Morgan fingerprint density at radius 3 is 2.75 bits per heavy atom. The first-order valence-corrected chi connectivity index (χ1v) is 7.24. The van der Waals surface area contributed by atoms with Gasteiger partial charge in [0.05, 0.1) is 4.90 Å². The topological polar surface area (TPSA) is 72.2 Å². The molecule has 4 nitrogen and oxygen atoms in total. The summed E-state index contributed by atoms with van der Waals surface area (Å²) in [6.07, 6.45) is 0.737. The molecule has 0 heterocycles. The quantitative estimate of drug-likeness (QED) is 0.865. The summed E-state index contributed by atoms with van der Waals surface area (Å²) in [6.45, 7) is 2.17. The van der Waals surface area contributed by atoms with Gasteiger partial charge in [-0.3, -0.25) is 0 Å². The van der Waals surface area contributed by atoms with Crippen molar-refractivity contribution in [3.63, 3.8) is 0 Å². The number of benzene rings is 1.